The van der Waals surface area contributed by atoms with E-state index < -0.39 is 5.82 Å². The fourth-order valence-electron chi connectivity index (χ4n) is 2.86. The summed E-state index contributed by atoms with van der Waals surface area (Å²) in [5, 5.41) is 2.67. The van der Waals surface area contributed by atoms with Crippen molar-refractivity contribution in [3.63, 3.8) is 0 Å². The van der Waals surface area contributed by atoms with Gasteiger partial charge in [0.05, 0.1) is 23.8 Å². The van der Waals surface area contributed by atoms with E-state index >= 15 is 0 Å². The number of halogens is 1. The summed E-state index contributed by atoms with van der Waals surface area (Å²) in [6, 6.07) is 18.1. The predicted octanol–water partition coefficient (Wildman–Crippen LogP) is 3.74. The smallest absolute Gasteiger partial charge is 0.261 e. The van der Waals surface area contributed by atoms with Gasteiger partial charge in [0.15, 0.2) is 0 Å². The van der Waals surface area contributed by atoms with Gasteiger partial charge in [-0.15, -0.1) is 0 Å². The van der Waals surface area contributed by atoms with Gasteiger partial charge in [-0.25, -0.2) is 9.37 Å². The average Bonchev–Trinajstić information content (AvgIpc) is 2.57. The standard InChI is InChI=1S/C19H13FN2O/c20-15-8-9-17-18(10-15)21-12-22(19(17)23)11-14-6-3-5-13-4-1-2-7-16(13)14/h1-10,12H,11H2. The van der Waals surface area contributed by atoms with Crippen molar-refractivity contribution in [2.75, 3.05) is 0 Å². The minimum atomic E-state index is -0.392. The molecule has 0 unspecified atom stereocenters. The second-order valence-electron chi connectivity index (χ2n) is 5.48. The number of fused-ring (bicyclic) bond motifs is 2. The Morgan fingerprint density at radius 3 is 2.70 bits per heavy atom. The lowest BCUT2D eigenvalue weighted by Crippen LogP contribution is -2.21. The summed E-state index contributed by atoms with van der Waals surface area (Å²) in [5.74, 6) is -0.392. The maximum absolute atomic E-state index is 13.2. The van der Waals surface area contributed by atoms with Crippen molar-refractivity contribution in [1.82, 2.24) is 9.55 Å². The molecular weight excluding hydrogens is 291 g/mol. The van der Waals surface area contributed by atoms with Crippen molar-refractivity contribution in [3.8, 4) is 0 Å². The number of hydrogen-bond donors (Lipinski definition) is 0. The Bertz CT molecular complexity index is 1080. The molecule has 0 radical (unpaired) electrons. The van der Waals surface area contributed by atoms with Crippen LogP contribution in [0.3, 0.4) is 0 Å². The van der Waals surface area contributed by atoms with Crippen molar-refractivity contribution < 1.29 is 4.39 Å². The number of hydrogen-bond acceptors (Lipinski definition) is 2. The third-order valence-electron chi connectivity index (χ3n) is 4.01. The molecule has 0 aliphatic heterocycles. The van der Waals surface area contributed by atoms with Crippen LogP contribution in [0, 0.1) is 5.82 Å². The monoisotopic (exact) mass is 304 g/mol. The van der Waals surface area contributed by atoms with Crippen LogP contribution in [0.1, 0.15) is 5.56 Å². The first kappa shape index (κ1) is 13.6. The van der Waals surface area contributed by atoms with Crippen LogP contribution in [0.25, 0.3) is 21.7 Å². The van der Waals surface area contributed by atoms with E-state index in [1.165, 1.54) is 24.5 Å². The second-order valence-corrected chi connectivity index (χ2v) is 5.48. The number of nitrogens with zero attached hydrogens (tertiary/aromatic N) is 2. The van der Waals surface area contributed by atoms with Crippen molar-refractivity contribution in [2.24, 2.45) is 0 Å². The molecule has 0 atom stereocenters. The Morgan fingerprint density at radius 1 is 0.957 bits per heavy atom. The van der Waals surface area contributed by atoms with E-state index in [1.807, 2.05) is 42.5 Å². The largest absolute Gasteiger partial charge is 0.294 e. The fraction of sp³-hybridized carbons (Fsp3) is 0.0526. The van der Waals surface area contributed by atoms with Crippen LogP contribution in [0.5, 0.6) is 0 Å². The van der Waals surface area contributed by atoms with Gasteiger partial charge in [-0.1, -0.05) is 42.5 Å². The Kier molecular flexibility index (Phi) is 3.15. The van der Waals surface area contributed by atoms with Crippen molar-refractivity contribution in [2.45, 2.75) is 6.54 Å². The lowest BCUT2D eigenvalue weighted by Gasteiger charge is -2.09. The Labute approximate surface area is 131 Å². The average molecular weight is 304 g/mol. The zero-order chi connectivity index (χ0) is 15.8. The SMILES string of the molecule is O=c1c2ccc(F)cc2ncn1Cc1cccc2ccccc12. The van der Waals surface area contributed by atoms with Crippen LogP contribution >= 0.6 is 0 Å². The lowest BCUT2D eigenvalue weighted by molar-refractivity contribution is 0.629. The summed E-state index contributed by atoms with van der Waals surface area (Å²) in [5.41, 5.74) is 1.26. The first-order chi connectivity index (χ1) is 11.2. The Balaban J connectivity index is 1.85. The van der Waals surface area contributed by atoms with Gasteiger partial charge in [0.1, 0.15) is 5.82 Å². The van der Waals surface area contributed by atoms with Crippen LogP contribution in [-0.2, 0) is 6.54 Å². The molecule has 4 rings (SSSR count). The zero-order valence-electron chi connectivity index (χ0n) is 12.2. The van der Waals surface area contributed by atoms with Crippen LogP contribution in [0.15, 0.2) is 71.8 Å². The maximum Gasteiger partial charge on any atom is 0.261 e. The molecule has 0 amide bonds. The normalized spacial score (nSPS) is 11.2. The molecule has 0 aliphatic carbocycles. The Morgan fingerprint density at radius 2 is 1.78 bits per heavy atom. The van der Waals surface area contributed by atoms with Crippen LogP contribution in [-0.4, -0.2) is 9.55 Å². The van der Waals surface area contributed by atoms with E-state index in [9.17, 15) is 9.18 Å². The summed E-state index contributed by atoms with van der Waals surface area (Å²) in [6.07, 6.45) is 1.48. The minimum Gasteiger partial charge on any atom is -0.294 e. The number of rotatable bonds is 2. The molecule has 0 saturated heterocycles. The van der Waals surface area contributed by atoms with E-state index in [1.54, 1.807) is 4.57 Å². The van der Waals surface area contributed by atoms with Gasteiger partial charge in [0.25, 0.3) is 5.56 Å². The van der Waals surface area contributed by atoms with Crippen LogP contribution in [0.4, 0.5) is 4.39 Å². The maximum atomic E-state index is 13.2. The second kappa shape index (κ2) is 5.32. The third-order valence-corrected chi connectivity index (χ3v) is 4.01. The molecule has 3 aromatic carbocycles. The van der Waals surface area contributed by atoms with Crippen LogP contribution in [0.2, 0.25) is 0 Å². The topological polar surface area (TPSA) is 34.9 Å². The van der Waals surface area contributed by atoms with Gasteiger partial charge >= 0.3 is 0 Å². The van der Waals surface area contributed by atoms with Crippen LogP contribution < -0.4 is 5.56 Å². The molecule has 1 heterocycles. The molecule has 3 nitrogen and oxygen atoms in total. The predicted molar refractivity (Wildman–Crippen MR) is 89.0 cm³/mol. The summed E-state index contributed by atoms with van der Waals surface area (Å²) >= 11 is 0. The molecule has 0 aliphatic rings. The molecule has 0 fully saturated rings. The van der Waals surface area contributed by atoms with Gasteiger partial charge in [0.2, 0.25) is 0 Å². The van der Waals surface area contributed by atoms with E-state index in [2.05, 4.69) is 4.98 Å². The van der Waals surface area contributed by atoms with E-state index in [0.717, 1.165) is 16.3 Å². The third kappa shape index (κ3) is 2.38. The highest BCUT2D eigenvalue weighted by atomic mass is 19.1. The Hall–Kier alpha value is -3.01. The summed E-state index contributed by atoms with van der Waals surface area (Å²) in [4.78, 5) is 16.8. The van der Waals surface area contributed by atoms with E-state index in [4.69, 9.17) is 0 Å². The van der Waals surface area contributed by atoms with Crippen molar-refractivity contribution in [3.05, 3.63) is 88.7 Å². The summed E-state index contributed by atoms with van der Waals surface area (Å²) in [7, 11) is 0. The molecule has 0 spiro atoms. The number of aromatic nitrogens is 2. The van der Waals surface area contributed by atoms with Gasteiger partial charge in [0, 0.05) is 6.07 Å². The summed E-state index contributed by atoms with van der Waals surface area (Å²) < 4.78 is 14.8. The minimum absolute atomic E-state index is 0.164. The molecule has 4 aromatic rings. The van der Waals surface area contributed by atoms with Gasteiger partial charge in [-0.3, -0.25) is 9.36 Å². The van der Waals surface area contributed by atoms with E-state index in [-0.39, 0.29) is 5.56 Å². The first-order valence-corrected chi connectivity index (χ1v) is 7.34. The van der Waals surface area contributed by atoms with Crippen molar-refractivity contribution in [1.29, 1.82) is 0 Å². The fourth-order valence-corrected chi connectivity index (χ4v) is 2.86. The molecule has 0 saturated carbocycles. The van der Waals surface area contributed by atoms with Gasteiger partial charge in [-0.05, 0) is 28.5 Å². The summed E-state index contributed by atoms with van der Waals surface area (Å²) in [6.45, 7) is 0.431. The molecule has 4 heteroatoms. The zero-order valence-corrected chi connectivity index (χ0v) is 12.2. The highest BCUT2D eigenvalue weighted by Crippen LogP contribution is 2.19. The van der Waals surface area contributed by atoms with E-state index in [0.29, 0.717) is 17.4 Å². The molecular formula is C19H13FN2O. The molecule has 23 heavy (non-hydrogen) atoms. The van der Waals surface area contributed by atoms with Crippen molar-refractivity contribution >= 4 is 21.7 Å². The number of benzene rings is 3. The highest BCUT2D eigenvalue weighted by Gasteiger charge is 2.07. The molecule has 112 valence electrons. The highest BCUT2D eigenvalue weighted by molar-refractivity contribution is 5.85. The van der Waals surface area contributed by atoms with Gasteiger partial charge < -0.3 is 0 Å². The first-order valence-electron chi connectivity index (χ1n) is 7.34. The quantitative estimate of drug-likeness (QED) is 0.565. The lowest BCUT2D eigenvalue weighted by atomic mass is 10.0. The molecule has 0 N–H and O–H groups in total. The van der Waals surface area contributed by atoms with Gasteiger partial charge in [-0.2, -0.15) is 0 Å². The molecule has 1 aromatic heterocycles. The molecule has 0 bridgehead atoms.